The zero-order valence-electron chi connectivity index (χ0n) is 9.73. The highest BCUT2D eigenvalue weighted by Crippen LogP contribution is 2.24. The Morgan fingerprint density at radius 1 is 1.41 bits per heavy atom. The van der Waals surface area contributed by atoms with Crippen molar-refractivity contribution in [1.82, 2.24) is 15.0 Å². The number of nitrogens with zero attached hydrogens (tertiary/aromatic N) is 3. The number of benzene rings is 1. The van der Waals surface area contributed by atoms with Gasteiger partial charge in [-0.3, -0.25) is 0 Å². The normalized spacial score (nSPS) is 10.8. The second-order valence-corrected chi connectivity index (χ2v) is 4.26. The van der Waals surface area contributed by atoms with Gasteiger partial charge in [-0.2, -0.15) is 0 Å². The van der Waals surface area contributed by atoms with Gasteiger partial charge >= 0.3 is 0 Å². The van der Waals surface area contributed by atoms with Crippen molar-refractivity contribution in [2.75, 3.05) is 0 Å². The molecule has 0 atom stereocenters. The highest BCUT2D eigenvalue weighted by molar-refractivity contribution is 6.31. The summed E-state index contributed by atoms with van der Waals surface area (Å²) in [6.45, 7) is 3.40. The van der Waals surface area contributed by atoms with E-state index in [1.165, 1.54) is 0 Å². The number of hydrogen-bond acceptors (Lipinski definition) is 3. The van der Waals surface area contributed by atoms with Gasteiger partial charge in [0.25, 0.3) is 0 Å². The van der Waals surface area contributed by atoms with Gasteiger partial charge < -0.3 is 5.73 Å². The zero-order valence-corrected chi connectivity index (χ0v) is 10.5. The van der Waals surface area contributed by atoms with E-state index in [-0.39, 0.29) is 0 Å². The standard InChI is InChI=1S/C12H15ClN4/c1-2-5-17-12(8-15-16-17)9-3-4-11(13)10(6-9)7-14/h3-4,6,8H,2,5,7,14H2,1H3. The summed E-state index contributed by atoms with van der Waals surface area (Å²) in [6, 6.07) is 5.82. The van der Waals surface area contributed by atoms with Crippen LogP contribution in [0, 0.1) is 0 Å². The summed E-state index contributed by atoms with van der Waals surface area (Å²) < 4.78 is 1.89. The second-order valence-electron chi connectivity index (χ2n) is 3.85. The topological polar surface area (TPSA) is 56.7 Å². The van der Waals surface area contributed by atoms with Crippen molar-refractivity contribution in [2.45, 2.75) is 26.4 Å². The third kappa shape index (κ3) is 2.48. The molecule has 0 aliphatic carbocycles. The first kappa shape index (κ1) is 12.1. The summed E-state index contributed by atoms with van der Waals surface area (Å²) in [5, 5.41) is 8.71. The summed E-state index contributed by atoms with van der Waals surface area (Å²) in [5.41, 5.74) is 8.63. The van der Waals surface area contributed by atoms with E-state index < -0.39 is 0 Å². The summed E-state index contributed by atoms with van der Waals surface area (Å²) in [5.74, 6) is 0. The van der Waals surface area contributed by atoms with Gasteiger partial charge in [0.1, 0.15) is 0 Å². The van der Waals surface area contributed by atoms with E-state index in [9.17, 15) is 0 Å². The molecule has 0 aliphatic rings. The molecule has 0 bridgehead atoms. The first-order valence-corrected chi connectivity index (χ1v) is 6.01. The SMILES string of the molecule is CCCn1nncc1-c1ccc(Cl)c(CN)c1. The number of hydrogen-bond donors (Lipinski definition) is 1. The lowest BCUT2D eigenvalue weighted by molar-refractivity contribution is 0.584. The first-order chi connectivity index (χ1) is 8.26. The summed E-state index contributed by atoms with van der Waals surface area (Å²) >= 11 is 6.04. The number of aromatic nitrogens is 3. The lowest BCUT2D eigenvalue weighted by Gasteiger charge is -2.07. The minimum Gasteiger partial charge on any atom is -0.326 e. The Kier molecular flexibility index (Phi) is 3.76. The van der Waals surface area contributed by atoms with Crippen molar-refractivity contribution in [1.29, 1.82) is 0 Å². The predicted molar refractivity (Wildman–Crippen MR) is 68.7 cm³/mol. The van der Waals surface area contributed by atoms with E-state index in [1.807, 2.05) is 22.9 Å². The van der Waals surface area contributed by atoms with E-state index in [0.717, 1.165) is 29.8 Å². The van der Waals surface area contributed by atoms with E-state index in [2.05, 4.69) is 17.2 Å². The van der Waals surface area contributed by atoms with Crippen LogP contribution in [0.4, 0.5) is 0 Å². The molecule has 2 N–H and O–H groups in total. The number of nitrogens with two attached hydrogens (primary N) is 1. The monoisotopic (exact) mass is 250 g/mol. The Labute approximate surface area is 105 Å². The fraction of sp³-hybridized carbons (Fsp3) is 0.333. The summed E-state index contributed by atoms with van der Waals surface area (Å²) in [6.07, 6.45) is 2.78. The largest absolute Gasteiger partial charge is 0.326 e. The second kappa shape index (κ2) is 5.29. The minimum atomic E-state index is 0.433. The van der Waals surface area contributed by atoms with Crippen molar-refractivity contribution < 1.29 is 0 Å². The third-order valence-electron chi connectivity index (χ3n) is 2.61. The molecule has 0 fully saturated rings. The van der Waals surface area contributed by atoms with E-state index in [4.69, 9.17) is 17.3 Å². The van der Waals surface area contributed by atoms with E-state index in [1.54, 1.807) is 6.20 Å². The van der Waals surface area contributed by atoms with Gasteiger partial charge in [-0.15, -0.1) is 5.10 Å². The Balaban J connectivity index is 2.42. The lowest BCUT2D eigenvalue weighted by Crippen LogP contribution is -2.02. The number of aryl methyl sites for hydroxylation is 1. The summed E-state index contributed by atoms with van der Waals surface area (Å²) in [7, 11) is 0. The molecule has 90 valence electrons. The minimum absolute atomic E-state index is 0.433. The molecule has 2 rings (SSSR count). The Bertz CT molecular complexity index is 507. The van der Waals surface area contributed by atoms with E-state index >= 15 is 0 Å². The van der Waals surface area contributed by atoms with Gasteiger partial charge in [0.05, 0.1) is 11.9 Å². The van der Waals surface area contributed by atoms with Gasteiger partial charge in [0, 0.05) is 23.7 Å². The van der Waals surface area contributed by atoms with Crippen LogP contribution in [0.15, 0.2) is 24.4 Å². The summed E-state index contributed by atoms with van der Waals surface area (Å²) in [4.78, 5) is 0. The molecule has 2 aromatic rings. The molecule has 5 heteroatoms. The molecule has 17 heavy (non-hydrogen) atoms. The molecule has 0 spiro atoms. The molecule has 0 radical (unpaired) electrons. The molecule has 0 aliphatic heterocycles. The predicted octanol–water partition coefficient (Wildman–Crippen LogP) is 2.47. The van der Waals surface area contributed by atoms with Gasteiger partial charge in [-0.1, -0.05) is 29.8 Å². The smallest absolute Gasteiger partial charge is 0.0885 e. The van der Waals surface area contributed by atoms with Gasteiger partial charge in [0.15, 0.2) is 0 Å². The van der Waals surface area contributed by atoms with Crippen LogP contribution in [0.25, 0.3) is 11.3 Å². The maximum Gasteiger partial charge on any atom is 0.0885 e. The van der Waals surface area contributed by atoms with Crippen molar-refractivity contribution in [3.05, 3.63) is 35.0 Å². The van der Waals surface area contributed by atoms with Crippen LogP contribution in [0.2, 0.25) is 5.02 Å². The molecule has 0 amide bonds. The third-order valence-corrected chi connectivity index (χ3v) is 2.98. The van der Waals surface area contributed by atoms with Crippen LogP contribution < -0.4 is 5.73 Å². The molecule has 1 heterocycles. The van der Waals surface area contributed by atoms with Crippen molar-refractivity contribution in [3.8, 4) is 11.3 Å². The number of halogens is 1. The van der Waals surface area contributed by atoms with Crippen LogP contribution in [-0.4, -0.2) is 15.0 Å². The van der Waals surface area contributed by atoms with Gasteiger partial charge in [-0.25, -0.2) is 4.68 Å². The highest BCUT2D eigenvalue weighted by atomic mass is 35.5. The first-order valence-electron chi connectivity index (χ1n) is 5.63. The maximum absolute atomic E-state index is 6.04. The molecule has 4 nitrogen and oxygen atoms in total. The molecular formula is C12H15ClN4. The average molecular weight is 251 g/mol. The molecule has 0 unspecified atom stereocenters. The maximum atomic E-state index is 6.04. The molecule has 1 aromatic heterocycles. The Morgan fingerprint density at radius 3 is 2.94 bits per heavy atom. The zero-order chi connectivity index (χ0) is 12.3. The lowest BCUT2D eigenvalue weighted by atomic mass is 10.1. The van der Waals surface area contributed by atoms with Gasteiger partial charge in [0.2, 0.25) is 0 Å². The van der Waals surface area contributed by atoms with Crippen molar-refractivity contribution in [2.24, 2.45) is 5.73 Å². The van der Waals surface area contributed by atoms with Crippen LogP contribution in [-0.2, 0) is 13.1 Å². The Morgan fingerprint density at radius 2 is 2.24 bits per heavy atom. The molecule has 0 saturated heterocycles. The average Bonchev–Trinajstić information content (AvgIpc) is 2.78. The van der Waals surface area contributed by atoms with Gasteiger partial charge in [-0.05, 0) is 24.1 Å². The molecule has 1 aromatic carbocycles. The fourth-order valence-corrected chi connectivity index (χ4v) is 1.94. The van der Waals surface area contributed by atoms with Crippen molar-refractivity contribution >= 4 is 11.6 Å². The number of rotatable bonds is 4. The molecular weight excluding hydrogens is 236 g/mol. The Hall–Kier alpha value is -1.39. The highest BCUT2D eigenvalue weighted by Gasteiger charge is 2.08. The van der Waals surface area contributed by atoms with Crippen molar-refractivity contribution in [3.63, 3.8) is 0 Å². The quantitative estimate of drug-likeness (QED) is 0.907. The molecule has 0 saturated carbocycles. The van der Waals surface area contributed by atoms with Crippen LogP contribution >= 0.6 is 11.6 Å². The fourth-order valence-electron chi connectivity index (χ4n) is 1.75. The van der Waals surface area contributed by atoms with Crippen LogP contribution in [0.5, 0.6) is 0 Å². The van der Waals surface area contributed by atoms with Crippen LogP contribution in [0.3, 0.4) is 0 Å². The van der Waals surface area contributed by atoms with E-state index in [0.29, 0.717) is 11.6 Å². The van der Waals surface area contributed by atoms with Crippen LogP contribution in [0.1, 0.15) is 18.9 Å².